The average Bonchev–Trinajstić information content (AvgIpc) is 2.50. The van der Waals surface area contributed by atoms with Crippen molar-refractivity contribution in [2.24, 2.45) is 0 Å². The minimum absolute atomic E-state index is 0.0589. The number of hydrogen-bond acceptors (Lipinski definition) is 8. The molecule has 0 bridgehead atoms. The number of nitrogens with zero attached hydrogens (tertiary/aromatic N) is 2. The van der Waals surface area contributed by atoms with Gasteiger partial charge in [-0.15, -0.1) is 0 Å². The maximum absolute atomic E-state index is 10.4. The predicted octanol–water partition coefficient (Wildman–Crippen LogP) is 0.963. The molecule has 0 fully saturated rings. The fraction of sp³-hybridized carbons (Fsp3) is 0.286. The number of aromatic hydroxyl groups is 1. The van der Waals surface area contributed by atoms with E-state index in [4.69, 9.17) is 25.7 Å². The molecule has 8 heteroatoms. The molecule has 0 saturated heterocycles. The average molecular weight is 306 g/mol. The number of methoxy groups -OCH3 is 3. The van der Waals surface area contributed by atoms with Crippen LogP contribution in [0.3, 0.4) is 0 Å². The van der Waals surface area contributed by atoms with Gasteiger partial charge < -0.3 is 30.8 Å². The Morgan fingerprint density at radius 2 is 1.73 bits per heavy atom. The molecular weight excluding hydrogens is 288 g/mol. The van der Waals surface area contributed by atoms with E-state index in [1.807, 2.05) is 0 Å². The van der Waals surface area contributed by atoms with Gasteiger partial charge in [-0.1, -0.05) is 0 Å². The van der Waals surface area contributed by atoms with E-state index in [0.717, 1.165) is 0 Å². The van der Waals surface area contributed by atoms with Crippen LogP contribution in [0.5, 0.6) is 23.0 Å². The van der Waals surface area contributed by atoms with Crippen LogP contribution in [-0.4, -0.2) is 36.4 Å². The highest BCUT2D eigenvalue weighted by atomic mass is 16.5. The molecule has 0 amide bonds. The molecule has 22 heavy (non-hydrogen) atoms. The molecule has 8 nitrogen and oxygen atoms in total. The van der Waals surface area contributed by atoms with Crippen molar-refractivity contribution in [3.05, 3.63) is 23.4 Å². The van der Waals surface area contributed by atoms with Crippen LogP contribution in [0.25, 0.3) is 0 Å². The lowest BCUT2D eigenvalue weighted by atomic mass is 10.0. The molecule has 2 rings (SSSR count). The maximum atomic E-state index is 10.4. The lowest BCUT2D eigenvalue weighted by Gasteiger charge is -2.16. The first kappa shape index (κ1) is 15.5. The van der Waals surface area contributed by atoms with Crippen molar-refractivity contribution in [3.8, 4) is 23.0 Å². The van der Waals surface area contributed by atoms with Gasteiger partial charge in [0.25, 0.3) is 0 Å². The summed E-state index contributed by atoms with van der Waals surface area (Å²) >= 11 is 0. The summed E-state index contributed by atoms with van der Waals surface area (Å²) in [5.41, 5.74) is 12.4. The van der Waals surface area contributed by atoms with Crippen LogP contribution >= 0.6 is 0 Å². The minimum Gasteiger partial charge on any atom is -0.504 e. The molecule has 0 aliphatic rings. The first-order valence-electron chi connectivity index (χ1n) is 6.39. The van der Waals surface area contributed by atoms with Crippen molar-refractivity contribution in [2.45, 2.75) is 6.42 Å². The van der Waals surface area contributed by atoms with Crippen LogP contribution in [0, 0.1) is 0 Å². The first-order chi connectivity index (χ1) is 10.5. The number of hydrogen-bond donors (Lipinski definition) is 3. The van der Waals surface area contributed by atoms with Gasteiger partial charge in [-0.05, 0) is 6.07 Å². The van der Waals surface area contributed by atoms with E-state index in [9.17, 15) is 5.11 Å². The van der Waals surface area contributed by atoms with Crippen molar-refractivity contribution < 1.29 is 19.3 Å². The molecule has 0 spiro atoms. The summed E-state index contributed by atoms with van der Waals surface area (Å²) in [6.07, 6.45) is 1.80. The number of anilines is 2. The standard InChI is InChI=1S/C14H18N4O4/c1-20-9-5-7(10(19)12(22-3)11(9)21-2)4-8-6-17-14(16)18-13(8)15/h5-6,19H,4H2,1-3H3,(H4,15,16,17,18). The van der Waals surface area contributed by atoms with E-state index >= 15 is 0 Å². The van der Waals surface area contributed by atoms with E-state index in [2.05, 4.69) is 9.97 Å². The number of phenols is 1. The summed E-state index contributed by atoms with van der Waals surface area (Å²) in [7, 11) is 4.39. The van der Waals surface area contributed by atoms with E-state index in [1.54, 1.807) is 6.07 Å². The van der Waals surface area contributed by atoms with E-state index in [0.29, 0.717) is 22.6 Å². The van der Waals surface area contributed by atoms with Crippen LogP contribution in [-0.2, 0) is 6.42 Å². The van der Waals surface area contributed by atoms with Crippen LogP contribution in [0.15, 0.2) is 12.3 Å². The molecule has 2 aromatic rings. The summed E-state index contributed by atoms with van der Waals surface area (Å²) in [5, 5.41) is 10.4. The van der Waals surface area contributed by atoms with Crippen LogP contribution < -0.4 is 25.7 Å². The van der Waals surface area contributed by atoms with Gasteiger partial charge in [0.15, 0.2) is 11.5 Å². The summed E-state index contributed by atoms with van der Waals surface area (Å²) in [4.78, 5) is 7.80. The normalized spacial score (nSPS) is 10.3. The molecule has 118 valence electrons. The van der Waals surface area contributed by atoms with Crippen molar-refractivity contribution in [3.63, 3.8) is 0 Å². The second-order valence-electron chi connectivity index (χ2n) is 4.47. The van der Waals surface area contributed by atoms with Gasteiger partial charge in [-0.25, -0.2) is 4.98 Å². The fourth-order valence-corrected chi connectivity index (χ4v) is 2.10. The van der Waals surface area contributed by atoms with E-state index < -0.39 is 0 Å². The van der Waals surface area contributed by atoms with Crippen molar-refractivity contribution >= 4 is 11.8 Å². The largest absolute Gasteiger partial charge is 0.504 e. The van der Waals surface area contributed by atoms with Crippen molar-refractivity contribution in [1.29, 1.82) is 0 Å². The minimum atomic E-state index is -0.0589. The topological polar surface area (TPSA) is 126 Å². The van der Waals surface area contributed by atoms with Gasteiger partial charge in [-0.2, -0.15) is 4.98 Å². The van der Waals surface area contributed by atoms with Crippen LogP contribution in [0.2, 0.25) is 0 Å². The van der Waals surface area contributed by atoms with Crippen molar-refractivity contribution in [1.82, 2.24) is 9.97 Å². The molecule has 0 saturated carbocycles. The molecule has 1 aromatic heterocycles. The molecule has 1 aromatic carbocycles. The number of aromatic nitrogens is 2. The quantitative estimate of drug-likeness (QED) is 0.745. The zero-order valence-electron chi connectivity index (χ0n) is 12.6. The highest BCUT2D eigenvalue weighted by molar-refractivity contribution is 5.63. The van der Waals surface area contributed by atoms with Gasteiger partial charge in [0, 0.05) is 23.7 Å². The van der Waals surface area contributed by atoms with E-state index in [-0.39, 0.29) is 29.7 Å². The maximum Gasteiger partial charge on any atom is 0.221 e. The zero-order valence-corrected chi connectivity index (χ0v) is 12.6. The third kappa shape index (κ3) is 2.76. The Labute approximate surface area is 127 Å². The molecule has 0 aliphatic heterocycles. The Hall–Kier alpha value is -2.90. The lowest BCUT2D eigenvalue weighted by molar-refractivity contribution is 0.309. The number of phenolic OH excluding ortho intramolecular Hbond substituents is 1. The lowest BCUT2D eigenvalue weighted by Crippen LogP contribution is -2.05. The summed E-state index contributed by atoms with van der Waals surface area (Å²) in [6, 6.07) is 1.65. The van der Waals surface area contributed by atoms with Crippen LogP contribution in [0.4, 0.5) is 11.8 Å². The Morgan fingerprint density at radius 3 is 2.27 bits per heavy atom. The zero-order chi connectivity index (χ0) is 16.3. The van der Waals surface area contributed by atoms with Gasteiger partial charge in [0.05, 0.1) is 21.3 Å². The monoisotopic (exact) mass is 306 g/mol. The van der Waals surface area contributed by atoms with Gasteiger partial charge in [-0.3, -0.25) is 0 Å². The second-order valence-corrected chi connectivity index (χ2v) is 4.47. The number of ether oxygens (including phenoxy) is 3. The third-order valence-corrected chi connectivity index (χ3v) is 3.18. The molecular formula is C14H18N4O4. The van der Waals surface area contributed by atoms with Gasteiger partial charge in [0.1, 0.15) is 5.82 Å². The van der Waals surface area contributed by atoms with Crippen LogP contribution in [0.1, 0.15) is 11.1 Å². The Kier molecular flexibility index (Phi) is 4.40. The summed E-state index contributed by atoms with van der Waals surface area (Å²) in [5.74, 6) is 1.22. The van der Waals surface area contributed by atoms with E-state index in [1.165, 1.54) is 27.5 Å². The SMILES string of the molecule is COc1cc(Cc2cnc(N)nc2N)c(O)c(OC)c1OC. The highest BCUT2D eigenvalue weighted by Crippen LogP contribution is 2.46. The Morgan fingerprint density at radius 1 is 1.05 bits per heavy atom. The smallest absolute Gasteiger partial charge is 0.221 e. The molecule has 1 heterocycles. The van der Waals surface area contributed by atoms with Gasteiger partial charge >= 0.3 is 0 Å². The predicted molar refractivity (Wildman–Crippen MR) is 81.4 cm³/mol. The Balaban J connectivity index is 2.51. The third-order valence-electron chi connectivity index (χ3n) is 3.18. The first-order valence-corrected chi connectivity index (χ1v) is 6.39. The molecule has 5 N–H and O–H groups in total. The Bertz CT molecular complexity index is 691. The number of nitrogen functional groups attached to an aromatic ring is 2. The summed E-state index contributed by atoms with van der Waals surface area (Å²) < 4.78 is 15.7. The molecule has 0 atom stereocenters. The number of nitrogens with two attached hydrogens (primary N) is 2. The molecule has 0 unspecified atom stereocenters. The summed E-state index contributed by atoms with van der Waals surface area (Å²) in [6.45, 7) is 0. The second kappa shape index (κ2) is 6.25. The number of rotatable bonds is 5. The highest BCUT2D eigenvalue weighted by Gasteiger charge is 2.21. The fourth-order valence-electron chi connectivity index (χ4n) is 2.10. The number of benzene rings is 1. The van der Waals surface area contributed by atoms with Gasteiger partial charge in [0.2, 0.25) is 17.4 Å². The van der Waals surface area contributed by atoms with Crippen molar-refractivity contribution in [2.75, 3.05) is 32.8 Å². The molecule has 0 aliphatic carbocycles. The molecule has 0 radical (unpaired) electrons.